The number of rotatable bonds is 6. The Morgan fingerprint density at radius 2 is 1.94 bits per heavy atom. The Balaban J connectivity index is 1.03. The molecule has 2 saturated heterocycles. The lowest BCUT2D eigenvalue weighted by molar-refractivity contribution is -0.195. The van der Waals surface area contributed by atoms with Gasteiger partial charge in [-0.2, -0.15) is 0 Å². The topological polar surface area (TPSA) is 58.4 Å². The van der Waals surface area contributed by atoms with Gasteiger partial charge in [-0.05, 0) is 107 Å². The van der Waals surface area contributed by atoms with E-state index in [1.807, 2.05) is 6.07 Å². The fourth-order valence-corrected chi connectivity index (χ4v) is 10.3. The molecule has 3 heterocycles. The van der Waals surface area contributed by atoms with E-state index in [0.29, 0.717) is 23.4 Å². The standard InChI is InChI=1S/C30H45NO4/c1-27-11-8-23(34-16-5-15-31-13-3-4-14-31)18-21(27)6-7-25-24(27)9-12-28(2)29(32,22-10-17-33-20-22)19-26-30(25,28)35-26/h10,17,20-21,23-26,32H,3-9,11-16,18-19H2,1-2H3/t21?,23?,24-,25-,26?,27+,28-,29?,30+/m1/s1. The molecule has 0 amide bonds. The van der Waals surface area contributed by atoms with Gasteiger partial charge in [0, 0.05) is 30.6 Å². The zero-order valence-electron chi connectivity index (χ0n) is 21.8. The molecule has 1 aromatic rings. The zero-order chi connectivity index (χ0) is 23.9. The van der Waals surface area contributed by atoms with Crippen molar-refractivity contribution in [3.8, 4) is 0 Å². The maximum absolute atomic E-state index is 12.0. The lowest BCUT2D eigenvalue weighted by Gasteiger charge is -2.62. The van der Waals surface area contributed by atoms with Gasteiger partial charge in [0.2, 0.25) is 0 Å². The van der Waals surface area contributed by atoms with E-state index >= 15 is 0 Å². The molecule has 1 spiro atoms. The van der Waals surface area contributed by atoms with Crippen LogP contribution in [0.4, 0.5) is 0 Å². The molecule has 0 radical (unpaired) electrons. The smallest absolute Gasteiger partial charge is 0.106 e. The van der Waals surface area contributed by atoms with Gasteiger partial charge in [-0.25, -0.2) is 0 Å². The summed E-state index contributed by atoms with van der Waals surface area (Å²) in [5.41, 5.74) is 0.150. The van der Waals surface area contributed by atoms with Gasteiger partial charge in [-0.15, -0.1) is 0 Å². The summed E-state index contributed by atoms with van der Waals surface area (Å²) >= 11 is 0. The number of ether oxygens (including phenoxy) is 2. The van der Waals surface area contributed by atoms with Crippen LogP contribution in [-0.2, 0) is 15.1 Å². The second-order valence-electron chi connectivity index (χ2n) is 13.5. The van der Waals surface area contributed by atoms with Gasteiger partial charge in [0.25, 0.3) is 0 Å². The Morgan fingerprint density at radius 3 is 2.74 bits per heavy atom. The number of epoxide rings is 1. The van der Waals surface area contributed by atoms with Gasteiger partial charge >= 0.3 is 0 Å². The van der Waals surface area contributed by atoms with Crippen molar-refractivity contribution < 1.29 is 19.0 Å². The Hall–Kier alpha value is -0.880. The van der Waals surface area contributed by atoms with Crippen molar-refractivity contribution in [3.05, 3.63) is 24.2 Å². The van der Waals surface area contributed by atoms with E-state index < -0.39 is 5.60 Å². The summed E-state index contributed by atoms with van der Waals surface area (Å²) < 4.78 is 18.5. The normalized spacial score (nSPS) is 50.9. The first-order valence-corrected chi connectivity index (χ1v) is 14.7. The van der Waals surface area contributed by atoms with Crippen LogP contribution in [0, 0.1) is 28.6 Å². The third-order valence-corrected chi connectivity index (χ3v) is 12.3. The first-order chi connectivity index (χ1) is 16.9. The third-order valence-electron chi connectivity index (χ3n) is 12.3. The van der Waals surface area contributed by atoms with Crippen molar-refractivity contribution in [2.45, 2.75) is 108 Å². The van der Waals surface area contributed by atoms with Crippen LogP contribution in [0.1, 0.15) is 90.0 Å². The average Bonchev–Trinajstić information content (AvgIpc) is 3.28. The van der Waals surface area contributed by atoms with Crippen molar-refractivity contribution in [2.24, 2.45) is 28.6 Å². The molecule has 194 valence electrons. The highest BCUT2D eigenvalue weighted by molar-refractivity contribution is 5.37. The molecule has 5 nitrogen and oxygen atoms in total. The largest absolute Gasteiger partial charge is 0.472 e. The summed E-state index contributed by atoms with van der Waals surface area (Å²) in [7, 11) is 0. The van der Waals surface area contributed by atoms with Gasteiger partial charge in [-0.3, -0.25) is 0 Å². The molecule has 2 aliphatic heterocycles. The van der Waals surface area contributed by atoms with Crippen molar-refractivity contribution in [1.29, 1.82) is 0 Å². The molecule has 9 atom stereocenters. The minimum Gasteiger partial charge on any atom is -0.472 e. The molecule has 4 saturated carbocycles. The van der Waals surface area contributed by atoms with Crippen LogP contribution in [0.3, 0.4) is 0 Å². The fraction of sp³-hybridized carbons (Fsp3) is 0.867. The number of hydrogen-bond donors (Lipinski definition) is 1. The highest BCUT2D eigenvalue weighted by atomic mass is 16.6. The summed E-state index contributed by atoms with van der Waals surface area (Å²) in [4.78, 5) is 2.60. The Labute approximate surface area is 210 Å². The van der Waals surface area contributed by atoms with Crippen molar-refractivity contribution in [3.63, 3.8) is 0 Å². The van der Waals surface area contributed by atoms with Crippen LogP contribution in [0.15, 0.2) is 23.0 Å². The molecule has 1 N–H and O–H groups in total. The zero-order valence-corrected chi connectivity index (χ0v) is 21.8. The maximum atomic E-state index is 12.0. The molecule has 5 heteroatoms. The summed E-state index contributed by atoms with van der Waals surface area (Å²) in [6.07, 6.45) is 17.3. The SMILES string of the molecule is C[C@]12CCC(OCCCN3CCCC3)CC1CC[C@@H]1[C@H]2CC[C@]2(C)C(O)(c3ccoc3)CC3O[C@]312. The van der Waals surface area contributed by atoms with Gasteiger partial charge in [0.05, 0.1) is 24.7 Å². The number of furan rings is 1. The Kier molecular flexibility index (Phi) is 5.35. The molecule has 6 aliphatic rings. The van der Waals surface area contributed by atoms with Gasteiger partial charge < -0.3 is 23.9 Å². The van der Waals surface area contributed by atoms with E-state index in [2.05, 4.69) is 18.7 Å². The van der Waals surface area contributed by atoms with Crippen LogP contribution in [0.2, 0.25) is 0 Å². The maximum Gasteiger partial charge on any atom is 0.106 e. The minimum atomic E-state index is -0.827. The second kappa shape index (κ2) is 8.06. The van der Waals surface area contributed by atoms with Crippen LogP contribution in [0.5, 0.6) is 0 Å². The molecule has 6 fully saturated rings. The van der Waals surface area contributed by atoms with E-state index in [1.165, 1.54) is 77.4 Å². The molecular formula is C30H45NO4. The summed E-state index contributed by atoms with van der Waals surface area (Å²) in [5, 5.41) is 12.0. The van der Waals surface area contributed by atoms with Crippen molar-refractivity contribution in [2.75, 3.05) is 26.2 Å². The molecule has 4 unspecified atom stereocenters. The van der Waals surface area contributed by atoms with Crippen LogP contribution < -0.4 is 0 Å². The van der Waals surface area contributed by atoms with Crippen molar-refractivity contribution in [1.82, 2.24) is 4.90 Å². The lowest BCUT2D eigenvalue weighted by Crippen LogP contribution is -2.61. The van der Waals surface area contributed by atoms with Gasteiger partial charge in [0.15, 0.2) is 0 Å². The molecular weight excluding hydrogens is 438 g/mol. The quantitative estimate of drug-likeness (QED) is 0.427. The van der Waals surface area contributed by atoms with Gasteiger partial charge in [-0.1, -0.05) is 13.8 Å². The lowest BCUT2D eigenvalue weighted by atomic mass is 9.43. The first kappa shape index (κ1) is 23.3. The van der Waals surface area contributed by atoms with Crippen molar-refractivity contribution >= 4 is 0 Å². The van der Waals surface area contributed by atoms with E-state index in [4.69, 9.17) is 13.9 Å². The summed E-state index contributed by atoms with van der Waals surface area (Å²) in [6, 6.07) is 1.97. The summed E-state index contributed by atoms with van der Waals surface area (Å²) in [6.45, 7) is 9.65. The monoisotopic (exact) mass is 483 g/mol. The average molecular weight is 484 g/mol. The molecule has 35 heavy (non-hydrogen) atoms. The van der Waals surface area contributed by atoms with Crippen LogP contribution >= 0.6 is 0 Å². The van der Waals surface area contributed by atoms with E-state index in [-0.39, 0.29) is 17.1 Å². The second-order valence-corrected chi connectivity index (χ2v) is 13.5. The number of nitrogens with zero attached hydrogens (tertiary/aromatic N) is 1. The Morgan fingerprint density at radius 1 is 1.09 bits per heavy atom. The highest BCUT2D eigenvalue weighted by Crippen LogP contribution is 2.79. The first-order valence-electron chi connectivity index (χ1n) is 14.7. The number of aliphatic hydroxyl groups is 1. The predicted molar refractivity (Wildman–Crippen MR) is 134 cm³/mol. The molecule has 7 rings (SSSR count). The third kappa shape index (κ3) is 3.14. The highest BCUT2D eigenvalue weighted by Gasteiger charge is 2.84. The number of likely N-dealkylation sites (tertiary alicyclic amines) is 1. The number of hydrogen-bond acceptors (Lipinski definition) is 5. The van der Waals surface area contributed by atoms with E-state index in [1.54, 1.807) is 12.5 Å². The summed E-state index contributed by atoms with van der Waals surface area (Å²) in [5.74, 6) is 2.06. The molecule has 1 aromatic heterocycles. The molecule has 0 aromatic carbocycles. The van der Waals surface area contributed by atoms with Crippen LogP contribution in [-0.4, -0.2) is 54.1 Å². The van der Waals surface area contributed by atoms with E-state index in [0.717, 1.165) is 30.9 Å². The van der Waals surface area contributed by atoms with Gasteiger partial charge in [0.1, 0.15) is 11.2 Å². The fourth-order valence-electron chi connectivity index (χ4n) is 10.3. The predicted octanol–water partition coefficient (Wildman–Crippen LogP) is 5.51. The van der Waals surface area contributed by atoms with E-state index in [9.17, 15) is 5.11 Å². The molecule has 0 bridgehead atoms. The number of fused-ring (bicyclic) bond motifs is 3. The van der Waals surface area contributed by atoms with Crippen LogP contribution in [0.25, 0.3) is 0 Å². The Bertz CT molecular complexity index is 929. The molecule has 4 aliphatic carbocycles. The minimum absolute atomic E-state index is 0.140.